The summed E-state index contributed by atoms with van der Waals surface area (Å²) in [5, 5.41) is 3.17. The second-order valence-electron chi connectivity index (χ2n) is 9.91. The molecule has 222 valence electrons. The fraction of sp³-hybridized carbons (Fsp3) is 0.333. The average Bonchev–Trinajstić information content (AvgIpc) is 3.58. The van der Waals surface area contributed by atoms with E-state index in [-0.39, 0.29) is 22.2 Å². The molecule has 0 spiro atoms. The van der Waals surface area contributed by atoms with Gasteiger partial charge in [0, 0.05) is 35.3 Å². The largest absolute Gasteiger partial charge is 0.497 e. The summed E-state index contributed by atoms with van der Waals surface area (Å²) in [5.41, 5.74) is -0.908. The number of benzene rings is 3. The quantitative estimate of drug-likeness (QED) is 0.386. The number of halogens is 1. The van der Waals surface area contributed by atoms with Gasteiger partial charge >= 0.3 is 0 Å². The topological polar surface area (TPSA) is 114 Å². The van der Waals surface area contributed by atoms with Crippen molar-refractivity contribution in [2.75, 3.05) is 38.7 Å². The van der Waals surface area contributed by atoms with Crippen LogP contribution >= 0.6 is 11.6 Å². The van der Waals surface area contributed by atoms with Crippen LogP contribution in [0, 0.1) is 0 Å². The Morgan fingerprint density at radius 1 is 1.00 bits per heavy atom. The highest BCUT2D eigenvalue weighted by Crippen LogP contribution is 2.55. The number of likely N-dealkylation sites (N-methyl/N-ethyl adjacent to an activating group) is 1. The van der Waals surface area contributed by atoms with Gasteiger partial charge in [0.1, 0.15) is 22.1 Å². The number of likely N-dealkylation sites (tertiary alicyclic amines) is 1. The minimum Gasteiger partial charge on any atom is -0.497 e. The SMILES string of the molecule is CCNC(=O)[C@@H]1CCCN1C1(c2ccccc2OC)C(=O)N(S(=O)(=O)c2ccc(OC)cc2OC)c2ccc(Cl)cc21. The van der Waals surface area contributed by atoms with E-state index in [9.17, 15) is 13.2 Å². The lowest BCUT2D eigenvalue weighted by Gasteiger charge is -2.41. The lowest BCUT2D eigenvalue weighted by atomic mass is 9.80. The average molecular weight is 614 g/mol. The number of rotatable bonds is 9. The highest BCUT2D eigenvalue weighted by molar-refractivity contribution is 7.93. The normalized spacial score (nSPS) is 20.4. The molecular weight excluding hydrogens is 582 g/mol. The number of amides is 2. The Bertz CT molecular complexity index is 1650. The molecule has 0 radical (unpaired) electrons. The van der Waals surface area contributed by atoms with Crippen LogP contribution in [0.25, 0.3) is 0 Å². The second kappa shape index (κ2) is 11.5. The summed E-state index contributed by atoms with van der Waals surface area (Å²) in [6.45, 7) is 2.57. The van der Waals surface area contributed by atoms with Gasteiger partial charge in [0.05, 0.1) is 33.1 Å². The van der Waals surface area contributed by atoms with Crippen LogP contribution in [0.5, 0.6) is 17.2 Å². The summed E-state index contributed by atoms with van der Waals surface area (Å²) >= 11 is 6.53. The molecule has 2 heterocycles. The van der Waals surface area contributed by atoms with E-state index in [4.69, 9.17) is 25.8 Å². The van der Waals surface area contributed by atoms with Gasteiger partial charge in [0.15, 0.2) is 5.54 Å². The van der Waals surface area contributed by atoms with Crippen molar-refractivity contribution < 1.29 is 32.2 Å². The Morgan fingerprint density at radius 2 is 1.74 bits per heavy atom. The van der Waals surface area contributed by atoms with E-state index in [0.717, 1.165) is 4.31 Å². The number of nitrogens with zero attached hydrogens (tertiary/aromatic N) is 2. The van der Waals surface area contributed by atoms with Crippen molar-refractivity contribution in [2.24, 2.45) is 0 Å². The van der Waals surface area contributed by atoms with Crippen molar-refractivity contribution in [1.29, 1.82) is 0 Å². The van der Waals surface area contributed by atoms with E-state index in [0.29, 0.717) is 53.6 Å². The molecule has 0 aromatic heterocycles. The predicted octanol–water partition coefficient (Wildman–Crippen LogP) is 3.95. The van der Waals surface area contributed by atoms with Crippen molar-refractivity contribution in [1.82, 2.24) is 10.2 Å². The number of hydrogen-bond donors (Lipinski definition) is 1. The van der Waals surface area contributed by atoms with E-state index in [1.54, 1.807) is 35.2 Å². The summed E-state index contributed by atoms with van der Waals surface area (Å²) in [5.74, 6) is -0.276. The lowest BCUT2D eigenvalue weighted by molar-refractivity contribution is -0.133. The third-order valence-corrected chi connectivity index (χ3v) is 9.76. The number of sulfonamides is 1. The van der Waals surface area contributed by atoms with Crippen molar-refractivity contribution in [3.8, 4) is 17.2 Å². The highest BCUT2D eigenvalue weighted by atomic mass is 35.5. The monoisotopic (exact) mass is 613 g/mol. The van der Waals surface area contributed by atoms with Crippen molar-refractivity contribution >= 4 is 39.1 Å². The Balaban J connectivity index is 1.84. The fourth-order valence-electron chi connectivity index (χ4n) is 6.04. The van der Waals surface area contributed by atoms with Gasteiger partial charge in [-0.1, -0.05) is 29.8 Å². The van der Waals surface area contributed by atoms with Gasteiger partial charge in [-0.15, -0.1) is 0 Å². The lowest BCUT2D eigenvalue weighted by Crippen LogP contribution is -2.59. The van der Waals surface area contributed by atoms with Crippen LogP contribution in [0.1, 0.15) is 30.9 Å². The third-order valence-electron chi connectivity index (χ3n) is 7.78. The van der Waals surface area contributed by atoms with Crippen LogP contribution < -0.4 is 23.8 Å². The summed E-state index contributed by atoms with van der Waals surface area (Å²) in [6, 6.07) is 15.1. The van der Waals surface area contributed by atoms with E-state index in [1.165, 1.54) is 51.7 Å². The Kier molecular flexibility index (Phi) is 8.10. The number of nitrogens with one attached hydrogen (secondary N) is 1. The van der Waals surface area contributed by atoms with Crippen LogP contribution in [0.3, 0.4) is 0 Å². The smallest absolute Gasteiger partial charge is 0.274 e. The second-order valence-corrected chi connectivity index (χ2v) is 12.1. The van der Waals surface area contributed by atoms with Gasteiger partial charge in [0.2, 0.25) is 5.91 Å². The van der Waals surface area contributed by atoms with Crippen molar-refractivity contribution in [2.45, 2.75) is 36.2 Å². The Labute approximate surface area is 250 Å². The van der Waals surface area contributed by atoms with Crippen LogP contribution in [0.15, 0.2) is 65.6 Å². The Hall–Kier alpha value is -3.80. The number of ether oxygens (including phenoxy) is 3. The van der Waals surface area contributed by atoms with Crippen LogP contribution in [0.4, 0.5) is 5.69 Å². The number of para-hydroxylation sites is 1. The van der Waals surface area contributed by atoms with Crippen LogP contribution in [-0.2, 0) is 25.2 Å². The van der Waals surface area contributed by atoms with Gasteiger partial charge in [-0.3, -0.25) is 14.5 Å². The minimum atomic E-state index is -4.57. The molecule has 12 heteroatoms. The molecule has 0 aliphatic carbocycles. The first kappa shape index (κ1) is 29.7. The standard InChI is InChI=1S/C30H32ClN3O7S/c1-5-32-28(35)24-10-8-16-33(24)30(21-9-6-7-11-25(21)40-3)22-17-19(31)12-14-23(22)34(29(30)36)42(37,38)27-15-13-20(39-2)18-26(27)41-4/h6-7,9,11-15,17-18,24H,5,8,10,16H2,1-4H3,(H,32,35)/t24-,30?/m0/s1. The first-order valence-corrected chi connectivity index (χ1v) is 15.3. The minimum absolute atomic E-state index is 0.00817. The molecule has 10 nitrogen and oxygen atoms in total. The molecular formula is C30H32ClN3O7S. The van der Waals surface area contributed by atoms with E-state index in [1.807, 2.05) is 6.92 Å². The first-order chi connectivity index (χ1) is 20.2. The maximum atomic E-state index is 15.1. The molecule has 2 atom stereocenters. The van der Waals surface area contributed by atoms with Crippen molar-refractivity contribution in [3.05, 3.63) is 76.8 Å². The van der Waals surface area contributed by atoms with Crippen molar-refractivity contribution in [3.63, 3.8) is 0 Å². The van der Waals surface area contributed by atoms with Gasteiger partial charge < -0.3 is 19.5 Å². The Morgan fingerprint density at radius 3 is 2.43 bits per heavy atom. The summed E-state index contributed by atoms with van der Waals surface area (Å²) in [7, 11) is -0.292. The molecule has 2 aliphatic heterocycles. The van der Waals surface area contributed by atoms with Gasteiger partial charge in [-0.2, -0.15) is 0 Å². The van der Waals surface area contributed by atoms with E-state index >= 15 is 4.79 Å². The van der Waals surface area contributed by atoms with Crippen LogP contribution in [0.2, 0.25) is 5.02 Å². The number of methoxy groups -OCH3 is 3. The number of fused-ring (bicyclic) bond motifs is 1. The van der Waals surface area contributed by atoms with Crippen LogP contribution in [-0.4, -0.2) is 65.6 Å². The predicted molar refractivity (Wildman–Crippen MR) is 158 cm³/mol. The summed E-state index contributed by atoms with van der Waals surface area (Å²) in [4.78, 5) is 30.1. The molecule has 1 fully saturated rings. The molecule has 1 N–H and O–H groups in total. The zero-order valence-corrected chi connectivity index (χ0v) is 25.3. The zero-order valence-electron chi connectivity index (χ0n) is 23.7. The molecule has 1 unspecified atom stereocenters. The van der Waals surface area contributed by atoms with Gasteiger partial charge in [0.25, 0.3) is 15.9 Å². The molecule has 2 amide bonds. The number of carbonyl (C=O) groups excluding carboxylic acids is 2. The molecule has 0 bridgehead atoms. The number of hydrogen-bond acceptors (Lipinski definition) is 8. The van der Waals surface area contributed by atoms with E-state index < -0.39 is 27.5 Å². The van der Waals surface area contributed by atoms with Gasteiger partial charge in [-0.25, -0.2) is 12.7 Å². The molecule has 2 aliphatic rings. The maximum Gasteiger partial charge on any atom is 0.274 e. The molecule has 3 aromatic rings. The zero-order chi connectivity index (χ0) is 30.2. The number of carbonyl (C=O) groups is 2. The molecule has 1 saturated heterocycles. The molecule has 3 aromatic carbocycles. The third kappa shape index (κ3) is 4.47. The fourth-order valence-corrected chi connectivity index (χ4v) is 7.81. The first-order valence-electron chi connectivity index (χ1n) is 13.5. The highest BCUT2D eigenvalue weighted by Gasteiger charge is 2.63. The molecule has 5 rings (SSSR count). The number of anilines is 1. The molecule has 42 heavy (non-hydrogen) atoms. The summed E-state index contributed by atoms with van der Waals surface area (Å²) < 4.78 is 46.2. The summed E-state index contributed by atoms with van der Waals surface area (Å²) in [6.07, 6.45) is 1.09. The van der Waals surface area contributed by atoms with E-state index in [2.05, 4.69) is 5.32 Å². The maximum absolute atomic E-state index is 15.1. The molecule has 0 saturated carbocycles. The van der Waals surface area contributed by atoms with Gasteiger partial charge in [-0.05, 0) is 56.2 Å².